The lowest BCUT2D eigenvalue weighted by molar-refractivity contribution is 0.100. The molecule has 1 aromatic carbocycles. The van der Waals surface area contributed by atoms with Crippen molar-refractivity contribution in [3.05, 3.63) is 36.0 Å². The Bertz CT molecular complexity index is 451. The van der Waals surface area contributed by atoms with Crippen molar-refractivity contribution < 1.29 is 9.42 Å². The molecule has 2 aromatic rings. The summed E-state index contributed by atoms with van der Waals surface area (Å²) in [6, 6.07) is 6.89. The monoisotopic (exact) mass is 189 g/mol. The number of amides is 1. The summed E-state index contributed by atoms with van der Waals surface area (Å²) < 4.78 is 4.45. The molecule has 0 saturated carbocycles. The van der Waals surface area contributed by atoms with Gasteiger partial charge < -0.3 is 5.73 Å². The number of nitrogens with two attached hydrogens (primary N) is 1. The van der Waals surface area contributed by atoms with Crippen molar-refractivity contribution in [1.82, 2.24) is 10.3 Å². The van der Waals surface area contributed by atoms with E-state index in [4.69, 9.17) is 5.73 Å². The van der Waals surface area contributed by atoms with Crippen LogP contribution < -0.4 is 5.73 Å². The number of rotatable bonds is 2. The molecule has 5 nitrogen and oxygen atoms in total. The predicted molar refractivity (Wildman–Crippen MR) is 48.3 cm³/mol. The Labute approximate surface area is 79.5 Å². The number of aromatic nitrogens is 2. The quantitative estimate of drug-likeness (QED) is 0.758. The molecule has 2 N–H and O–H groups in total. The molecule has 0 bridgehead atoms. The van der Waals surface area contributed by atoms with E-state index in [2.05, 4.69) is 14.9 Å². The van der Waals surface area contributed by atoms with Crippen molar-refractivity contribution in [2.45, 2.75) is 0 Å². The highest BCUT2D eigenvalue weighted by atomic mass is 16.6. The van der Waals surface area contributed by atoms with Crippen LogP contribution in [0, 0.1) is 0 Å². The summed E-state index contributed by atoms with van der Waals surface area (Å²) >= 11 is 0. The fourth-order valence-electron chi connectivity index (χ4n) is 1.20. The zero-order valence-corrected chi connectivity index (χ0v) is 7.18. The Hall–Kier alpha value is -2.17. The first-order valence-electron chi connectivity index (χ1n) is 3.96. The first kappa shape index (κ1) is 8.43. The van der Waals surface area contributed by atoms with Crippen LogP contribution in [0.2, 0.25) is 0 Å². The molecular weight excluding hydrogens is 182 g/mol. The van der Waals surface area contributed by atoms with Crippen molar-refractivity contribution in [1.29, 1.82) is 0 Å². The molecule has 14 heavy (non-hydrogen) atoms. The minimum atomic E-state index is -0.497. The number of nitrogens with zero attached hydrogens (tertiary/aromatic N) is 2. The van der Waals surface area contributed by atoms with Crippen LogP contribution in [0.25, 0.3) is 11.3 Å². The maximum atomic E-state index is 11.1. The molecule has 1 amide bonds. The molecule has 1 aromatic heterocycles. The maximum absolute atomic E-state index is 11.1. The average molecular weight is 189 g/mol. The highest BCUT2D eigenvalue weighted by Crippen LogP contribution is 2.20. The van der Waals surface area contributed by atoms with Crippen LogP contribution in [0.3, 0.4) is 0 Å². The SMILES string of the molecule is NC(=O)c1ccccc1-c1cnon1. The third-order valence-electron chi connectivity index (χ3n) is 1.83. The minimum absolute atomic E-state index is 0.406. The molecule has 0 radical (unpaired) electrons. The van der Waals surface area contributed by atoms with Gasteiger partial charge in [-0.25, -0.2) is 4.63 Å². The zero-order valence-electron chi connectivity index (χ0n) is 7.18. The number of hydrogen-bond donors (Lipinski definition) is 1. The van der Waals surface area contributed by atoms with Gasteiger partial charge in [0.1, 0.15) is 5.69 Å². The van der Waals surface area contributed by atoms with Gasteiger partial charge in [0, 0.05) is 11.1 Å². The molecular formula is C9H7N3O2. The second-order valence-electron chi connectivity index (χ2n) is 2.70. The number of carbonyl (C=O) groups excluding carboxylic acids is 1. The van der Waals surface area contributed by atoms with Gasteiger partial charge in [-0.3, -0.25) is 4.79 Å². The lowest BCUT2D eigenvalue weighted by Crippen LogP contribution is -2.12. The Balaban J connectivity index is 2.58. The van der Waals surface area contributed by atoms with E-state index in [1.807, 2.05) is 0 Å². The fourth-order valence-corrected chi connectivity index (χ4v) is 1.20. The van der Waals surface area contributed by atoms with Gasteiger partial charge in [0.25, 0.3) is 0 Å². The van der Waals surface area contributed by atoms with E-state index < -0.39 is 5.91 Å². The van der Waals surface area contributed by atoms with Gasteiger partial charge in [-0.15, -0.1) is 0 Å². The molecule has 0 aliphatic rings. The van der Waals surface area contributed by atoms with Gasteiger partial charge >= 0.3 is 0 Å². The van der Waals surface area contributed by atoms with Crippen LogP contribution in [0.4, 0.5) is 0 Å². The first-order valence-corrected chi connectivity index (χ1v) is 3.96. The van der Waals surface area contributed by atoms with E-state index in [0.717, 1.165) is 0 Å². The molecule has 0 unspecified atom stereocenters. The van der Waals surface area contributed by atoms with Crippen LogP contribution in [0.1, 0.15) is 10.4 Å². The average Bonchev–Trinajstić information content (AvgIpc) is 2.70. The summed E-state index contributed by atoms with van der Waals surface area (Å²) in [5, 5.41) is 7.10. The molecule has 5 heteroatoms. The number of hydrogen-bond acceptors (Lipinski definition) is 4. The topological polar surface area (TPSA) is 82.0 Å². The highest BCUT2D eigenvalue weighted by molar-refractivity contribution is 5.99. The Kier molecular flexibility index (Phi) is 1.98. The summed E-state index contributed by atoms with van der Waals surface area (Å²) in [5.41, 5.74) is 6.73. The van der Waals surface area contributed by atoms with Crippen molar-refractivity contribution in [3.8, 4) is 11.3 Å². The van der Waals surface area contributed by atoms with Crippen LogP contribution in [0.5, 0.6) is 0 Å². The second kappa shape index (κ2) is 3.29. The van der Waals surface area contributed by atoms with Crippen molar-refractivity contribution in [3.63, 3.8) is 0 Å². The molecule has 2 rings (SSSR count). The van der Waals surface area contributed by atoms with E-state index in [1.165, 1.54) is 6.20 Å². The van der Waals surface area contributed by atoms with Crippen LogP contribution in [0.15, 0.2) is 35.1 Å². The van der Waals surface area contributed by atoms with E-state index in [1.54, 1.807) is 24.3 Å². The summed E-state index contributed by atoms with van der Waals surface area (Å²) in [6.45, 7) is 0. The molecule has 0 saturated heterocycles. The number of carbonyl (C=O) groups is 1. The van der Waals surface area contributed by atoms with Gasteiger partial charge in [0.05, 0.1) is 6.20 Å². The fraction of sp³-hybridized carbons (Fsp3) is 0. The predicted octanol–water partition coefficient (Wildman–Crippen LogP) is 0.836. The van der Waals surface area contributed by atoms with E-state index >= 15 is 0 Å². The van der Waals surface area contributed by atoms with Gasteiger partial charge in [0.2, 0.25) is 5.91 Å². The van der Waals surface area contributed by atoms with Crippen LogP contribution in [-0.2, 0) is 0 Å². The maximum Gasteiger partial charge on any atom is 0.249 e. The van der Waals surface area contributed by atoms with Crippen molar-refractivity contribution >= 4 is 5.91 Å². The lowest BCUT2D eigenvalue weighted by Gasteiger charge is -2.00. The number of benzene rings is 1. The van der Waals surface area contributed by atoms with Gasteiger partial charge in [0.15, 0.2) is 0 Å². The van der Waals surface area contributed by atoms with Gasteiger partial charge in [-0.1, -0.05) is 23.4 Å². The summed E-state index contributed by atoms with van der Waals surface area (Å²) in [6.07, 6.45) is 1.43. The van der Waals surface area contributed by atoms with E-state index in [-0.39, 0.29) is 0 Å². The highest BCUT2D eigenvalue weighted by Gasteiger charge is 2.11. The second-order valence-corrected chi connectivity index (χ2v) is 2.70. The molecule has 70 valence electrons. The molecule has 0 aliphatic heterocycles. The normalized spacial score (nSPS) is 10.0. The van der Waals surface area contributed by atoms with Crippen LogP contribution in [-0.4, -0.2) is 16.2 Å². The lowest BCUT2D eigenvalue weighted by atomic mass is 10.1. The summed E-state index contributed by atoms with van der Waals surface area (Å²) in [5.74, 6) is -0.497. The molecule has 0 fully saturated rings. The molecule has 1 heterocycles. The number of primary amides is 1. The Morgan fingerprint density at radius 3 is 2.79 bits per heavy atom. The van der Waals surface area contributed by atoms with Crippen LogP contribution >= 0.6 is 0 Å². The Morgan fingerprint density at radius 2 is 2.14 bits per heavy atom. The minimum Gasteiger partial charge on any atom is -0.366 e. The van der Waals surface area contributed by atoms with E-state index in [9.17, 15) is 4.79 Å². The van der Waals surface area contributed by atoms with Gasteiger partial charge in [-0.2, -0.15) is 0 Å². The molecule has 0 aliphatic carbocycles. The zero-order chi connectivity index (χ0) is 9.97. The summed E-state index contributed by atoms with van der Waals surface area (Å²) in [4.78, 5) is 11.1. The summed E-state index contributed by atoms with van der Waals surface area (Å²) in [7, 11) is 0. The Morgan fingerprint density at radius 1 is 1.36 bits per heavy atom. The third-order valence-corrected chi connectivity index (χ3v) is 1.83. The van der Waals surface area contributed by atoms with Gasteiger partial charge in [-0.05, 0) is 11.2 Å². The van der Waals surface area contributed by atoms with Crippen molar-refractivity contribution in [2.75, 3.05) is 0 Å². The standard InChI is InChI=1S/C9H7N3O2/c10-9(13)7-4-2-1-3-6(7)8-5-11-14-12-8/h1-5H,(H2,10,13). The third kappa shape index (κ3) is 1.35. The largest absolute Gasteiger partial charge is 0.366 e. The van der Waals surface area contributed by atoms with Crippen molar-refractivity contribution in [2.24, 2.45) is 5.73 Å². The van der Waals surface area contributed by atoms with E-state index in [0.29, 0.717) is 16.8 Å². The smallest absolute Gasteiger partial charge is 0.249 e. The molecule has 0 spiro atoms. The molecule has 0 atom stereocenters. The first-order chi connectivity index (χ1) is 6.79.